The predicted molar refractivity (Wildman–Crippen MR) is 100 cm³/mol. The molecule has 4 amide bonds. The number of imide groups is 1. The first-order valence-electron chi connectivity index (χ1n) is 8.66. The number of rotatable bonds is 6. The van der Waals surface area contributed by atoms with E-state index in [0.717, 1.165) is 11.3 Å². The van der Waals surface area contributed by atoms with Crippen molar-refractivity contribution >= 4 is 23.5 Å². The Morgan fingerprint density at radius 1 is 1.15 bits per heavy atom. The van der Waals surface area contributed by atoms with Gasteiger partial charge in [0.25, 0.3) is 5.91 Å². The number of anilines is 1. The van der Waals surface area contributed by atoms with E-state index in [1.165, 1.54) is 0 Å². The van der Waals surface area contributed by atoms with Crippen molar-refractivity contribution in [3.05, 3.63) is 59.7 Å². The molecule has 1 atom stereocenters. The molecule has 0 saturated carbocycles. The Labute approximate surface area is 157 Å². The third-order valence-electron chi connectivity index (χ3n) is 4.37. The summed E-state index contributed by atoms with van der Waals surface area (Å²) >= 11 is 0. The Hall–Kier alpha value is -3.35. The van der Waals surface area contributed by atoms with Crippen LogP contribution < -0.4 is 20.7 Å². The lowest BCUT2D eigenvalue weighted by Crippen LogP contribution is -2.40. The van der Waals surface area contributed by atoms with Gasteiger partial charge in [0.2, 0.25) is 5.91 Å². The van der Waals surface area contributed by atoms with Crippen LogP contribution in [0.15, 0.2) is 48.5 Å². The summed E-state index contributed by atoms with van der Waals surface area (Å²) in [5, 5.41) is 7.66. The maximum Gasteiger partial charge on any atom is 0.322 e. The second-order valence-electron chi connectivity index (χ2n) is 6.42. The van der Waals surface area contributed by atoms with Gasteiger partial charge in [0.1, 0.15) is 11.3 Å². The minimum atomic E-state index is -1.16. The normalized spacial score (nSPS) is 18.6. The van der Waals surface area contributed by atoms with Crippen LogP contribution in [-0.2, 0) is 21.5 Å². The molecule has 7 heteroatoms. The summed E-state index contributed by atoms with van der Waals surface area (Å²) in [5.74, 6) is 0.159. The second-order valence-corrected chi connectivity index (χ2v) is 6.42. The lowest BCUT2D eigenvalue weighted by molar-refractivity contribution is -0.123. The van der Waals surface area contributed by atoms with Gasteiger partial charge >= 0.3 is 6.03 Å². The van der Waals surface area contributed by atoms with Crippen molar-refractivity contribution in [2.45, 2.75) is 25.8 Å². The Bertz CT molecular complexity index is 879. The van der Waals surface area contributed by atoms with Crippen LogP contribution in [0.1, 0.15) is 25.0 Å². The van der Waals surface area contributed by atoms with Gasteiger partial charge in [0, 0.05) is 5.69 Å². The van der Waals surface area contributed by atoms with Crippen molar-refractivity contribution in [2.75, 3.05) is 11.9 Å². The van der Waals surface area contributed by atoms with E-state index in [4.69, 9.17) is 4.74 Å². The summed E-state index contributed by atoms with van der Waals surface area (Å²) in [6.07, 6.45) is 0.213. The lowest BCUT2D eigenvalue weighted by atomic mass is 9.92. The molecule has 3 rings (SSSR count). The number of benzene rings is 2. The summed E-state index contributed by atoms with van der Waals surface area (Å²) in [6.45, 7) is 4.12. The van der Waals surface area contributed by atoms with Crippen LogP contribution in [0.2, 0.25) is 0 Å². The fraction of sp³-hybridized carbons (Fsp3) is 0.250. The molecule has 3 N–H and O–H groups in total. The molecule has 140 valence electrons. The molecule has 2 aromatic carbocycles. The number of carbonyl (C=O) groups is 3. The molecular weight excluding hydrogens is 346 g/mol. The zero-order valence-electron chi connectivity index (χ0n) is 15.2. The molecule has 0 aromatic heterocycles. The fourth-order valence-corrected chi connectivity index (χ4v) is 2.92. The smallest absolute Gasteiger partial charge is 0.322 e. The first-order valence-corrected chi connectivity index (χ1v) is 8.66. The van der Waals surface area contributed by atoms with E-state index in [1.807, 2.05) is 31.2 Å². The average Bonchev–Trinajstić information content (AvgIpc) is 2.90. The maximum absolute atomic E-state index is 12.3. The topological polar surface area (TPSA) is 96.5 Å². The number of carbonyl (C=O) groups excluding carboxylic acids is 3. The number of hydrogen-bond donors (Lipinski definition) is 3. The highest BCUT2D eigenvalue weighted by molar-refractivity contribution is 6.07. The van der Waals surface area contributed by atoms with E-state index < -0.39 is 17.5 Å². The molecule has 0 aliphatic carbocycles. The van der Waals surface area contributed by atoms with Crippen LogP contribution in [-0.4, -0.2) is 24.5 Å². The van der Waals surface area contributed by atoms with Crippen LogP contribution in [0.3, 0.4) is 0 Å². The van der Waals surface area contributed by atoms with E-state index in [9.17, 15) is 14.4 Å². The largest absolute Gasteiger partial charge is 0.494 e. The zero-order chi connectivity index (χ0) is 19.4. The van der Waals surface area contributed by atoms with Crippen molar-refractivity contribution < 1.29 is 19.1 Å². The monoisotopic (exact) mass is 367 g/mol. The molecule has 2 aromatic rings. The lowest BCUT2D eigenvalue weighted by Gasteiger charge is -2.21. The summed E-state index contributed by atoms with van der Waals surface area (Å²) in [6, 6.07) is 13.7. The molecule has 1 unspecified atom stereocenters. The quantitative estimate of drug-likeness (QED) is 0.683. The summed E-state index contributed by atoms with van der Waals surface area (Å²) < 4.78 is 5.39. The van der Waals surface area contributed by atoms with Crippen LogP contribution in [0.25, 0.3) is 0 Å². The number of amides is 4. The third kappa shape index (κ3) is 4.08. The van der Waals surface area contributed by atoms with Gasteiger partial charge in [-0.2, -0.15) is 0 Å². The van der Waals surface area contributed by atoms with Crippen molar-refractivity contribution in [3.8, 4) is 5.75 Å². The van der Waals surface area contributed by atoms with Gasteiger partial charge in [0.05, 0.1) is 13.0 Å². The van der Waals surface area contributed by atoms with Gasteiger partial charge in [-0.3, -0.25) is 14.9 Å². The van der Waals surface area contributed by atoms with Gasteiger partial charge in [-0.15, -0.1) is 0 Å². The fourth-order valence-electron chi connectivity index (χ4n) is 2.92. The van der Waals surface area contributed by atoms with Gasteiger partial charge in [-0.05, 0) is 49.2 Å². The SMILES string of the molecule is CCOc1ccc(CC(=O)Nc2cccc(C3(C)NC(=O)NC3=O)c2)cc1. The average molecular weight is 367 g/mol. The number of urea groups is 1. The minimum Gasteiger partial charge on any atom is -0.494 e. The maximum atomic E-state index is 12.3. The van der Waals surface area contributed by atoms with Gasteiger partial charge < -0.3 is 15.4 Å². The first-order chi connectivity index (χ1) is 12.9. The van der Waals surface area contributed by atoms with E-state index in [0.29, 0.717) is 17.9 Å². The highest BCUT2D eigenvalue weighted by Crippen LogP contribution is 2.26. The zero-order valence-corrected chi connectivity index (χ0v) is 15.2. The van der Waals surface area contributed by atoms with Crippen LogP contribution in [0, 0.1) is 0 Å². The van der Waals surface area contributed by atoms with E-state index >= 15 is 0 Å². The highest BCUT2D eigenvalue weighted by Gasteiger charge is 2.43. The first kappa shape index (κ1) is 18.4. The third-order valence-corrected chi connectivity index (χ3v) is 4.37. The summed E-state index contributed by atoms with van der Waals surface area (Å²) in [7, 11) is 0. The molecule has 7 nitrogen and oxygen atoms in total. The van der Waals surface area contributed by atoms with Gasteiger partial charge in [0.15, 0.2) is 0 Å². The Balaban J connectivity index is 1.68. The Morgan fingerprint density at radius 2 is 1.89 bits per heavy atom. The summed E-state index contributed by atoms with van der Waals surface area (Å²) in [5.41, 5.74) is 0.845. The van der Waals surface area contributed by atoms with Crippen molar-refractivity contribution in [1.82, 2.24) is 10.6 Å². The van der Waals surface area contributed by atoms with Crippen LogP contribution >= 0.6 is 0 Å². The molecule has 0 radical (unpaired) electrons. The standard InChI is InChI=1S/C20H21N3O4/c1-3-27-16-9-7-13(8-10-16)11-17(24)21-15-6-4-5-14(12-15)20(2)18(25)22-19(26)23-20/h4-10,12H,3,11H2,1-2H3,(H,21,24)(H2,22,23,25,26). The molecule has 1 aliphatic heterocycles. The number of ether oxygens (including phenoxy) is 1. The molecular formula is C20H21N3O4. The van der Waals surface area contributed by atoms with E-state index in [2.05, 4.69) is 16.0 Å². The van der Waals surface area contributed by atoms with Gasteiger partial charge in [-0.1, -0.05) is 24.3 Å². The molecule has 0 spiro atoms. The number of hydrogen-bond acceptors (Lipinski definition) is 4. The van der Waals surface area contributed by atoms with E-state index in [-0.39, 0.29) is 12.3 Å². The van der Waals surface area contributed by atoms with Crippen molar-refractivity contribution in [2.24, 2.45) is 0 Å². The van der Waals surface area contributed by atoms with E-state index in [1.54, 1.807) is 31.2 Å². The molecule has 1 fully saturated rings. The number of nitrogens with one attached hydrogen (secondary N) is 3. The molecule has 1 aliphatic rings. The van der Waals surface area contributed by atoms with Crippen molar-refractivity contribution in [1.29, 1.82) is 0 Å². The Kier molecular flexibility index (Phi) is 5.12. The Morgan fingerprint density at radius 3 is 2.52 bits per heavy atom. The van der Waals surface area contributed by atoms with Crippen molar-refractivity contribution in [3.63, 3.8) is 0 Å². The molecule has 1 heterocycles. The minimum absolute atomic E-state index is 0.179. The molecule has 0 bridgehead atoms. The van der Waals surface area contributed by atoms with Crippen LogP contribution in [0.4, 0.5) is 10.5 Å². The predicted octanol–water partition coefficient (Wildman–Crippen LogP) is 2.32. The van der Waals surface area contributed by atoms with Gasteiger partial charge in [-0.25, -0.2) is 4.79 Å². The second kappa shape index (κ2) is 7.49. The molecule has 27 heavy (non-hydrogen) atoms. The van der Waals surface area contributed by atoms with Crippen LogP contribution in [0.5, 0.6) is 5.75 Å². The summed E-state index contributed by atoms with van der Waals surface area (Å²) in [4.78, 5) is 35.8. The highest BCUT2D eigenvalue weighted by atomic mass is 16.5. The molecule has 1 saturated heterocycles.